The van der Waals surface area contributed by atoms with Gasteiger partial charge in [0.15, 0.2) is 0 Å². The average Bonchev–Trinajstić information content (AvgIpc) is 3.18. The zero-order chi connectivity index (χ0) is 22.2. The molecule has 0 atom stereocenters. The Balaban J connectivity index is 1.54. The SMILES string of the molecule is CC(C)c1ccc(NC(=O)c2ccc3c(c2)CCN3S(=O)(=O)c2ccc(Cl)cc2)cc1. The maximum Gasteiger partial charge on any atom is 0.264 e. The van der Waals surface area contributed by atoms with Crippen LogP contribution in [0.4, 0.5) is 11.4 Å². The molecule has 1 aliphatic rings. The standard InChI is InChI=1S/C24H23ClN2O3S/c1-16(2)17-3-8-21(9-4-17)26-24(28)19-5-12-23-18(15-19)13-14-27(23)31(29,30)22-10-6-20(25)7-11-22/h3-12,15-16H,13-14H2,1-2H3,(H,26,28). The highest BCUT2D eigenvalue weighted by molar-refractivity contribution is 7.92. The summed E-state index contributed by atoms with van der Waals surface area (Å²) < 4.78 is 27.5. The van der Waals surface area contributed by atoms with Crippen LogP contribution in [0, 0.1) is 0 Å². The van der Waals surface area contributed by atoms with Gasteiger partial charge in [-0.2, -0.15) is 0 Å². The van der Waals surface area contributed by atoms with Crippen molar-refractivity contribution in [2.45, 2.75) is 31.1 Å². The van der Waals surface area contributed by atoms with Gasteiger partial charge in [-0.25, -0.2) is 8.42 Å². The molecule has 160 valence electrons. The molecule has 0 unspecified atom stereocenters. The fraction of sp³-hybridized carbons (Fsp3) is 0.208. The molecular formula is C24H23ClN2O3S. The molecule has 0 radical (unpaired) electrons. The molecule has 0 aliphatic carbocycles. The number of halogens is 1. The van der Waals surface area contributed by atoms with Crippen LogP contribution in [0.2, 0.25) is 5.02 Å². The van der Waals surface area contributed by atoms with E-state index < -0.39 is 10.0 Å². The first-order chi connectivity index (χ1) is 14.8. The molecule has 0 spiro atoms. The van der Waals surface area contributed by atoms with Crippen molar-refractivity contribution in [1.29, 1.82) is 0 Å². The van der Waals surface area contributed by atoms with E-state index >= 15 is 0 Å². The maximum atomic E-state index is 13.0. The Hall–Kier alpha value is -2.83. The second-order valence-electron chi connectivity index (χ2n) is 7.86. The Morgan fingerprint density at radius 3 is 2.32 bits per heavy atom. The first-order valence-electron chi connectivity index (χ1n) is 10.1. The van der Waals surface area contributed by atoms with Gasteiger partial charge in [0.1, 0.15) is 0 Å². The van der Waals surface area contributed by atoms with E-state index in [-0.39, 0.29) is 10.8 Å². The fourth-order valence-electron chi connectivity index (χ4n) is 3.65. The molecule has 4 rings (SSSR count). The first kappa shape index (κ1) is 21.4. The Morgan fingerprint density at radius 2 is 1.68 bits per heavy atom. The van der Waals surface area contributed by atoms with Gasteiger partial charge in [-0.3, -0.25) is 9.10 Å². The molecule has 7 heteroatoms. The van der Waals surface area contributed by atoms with E-state index in [1.165, 1.54) is 22.0 Å². The van der Waals surface area contributed by atoms with Crippen LogP contribution in [0.15, 0.2) is 71.6 Å². The van der Waals surface area contributed by atoms with Crippen molar-refractivity contribution in [2.75, 3.05) is 16.2 Å². The highest BCUT2D eigenvalue weighted by atomic mass is 35.5. The molecule has 1 aliphatic heterocycles. The minimum absolute atomic E-state index is 0.191. The van der Waals surface area contributed by atoms with Gasteiger partial charge in [0, 0.05) is 22.8 Å². The van der Waals surface area contributed by atoms with Gasteiger partial charge in [-0.15, -0.1) is 0 Å². The number of hydrogen-bond donors (Lipinski definition) is 1. The quantitative estimate of drug-likeness (QED) is 0.556. The molecule has 1 N–H and O–H groups in total. The number of carbonyl (C=O) groups is 1. The van der Waals surface area contributed by atoms with Crippen molar-refractivity contribution in [2.24, 2.45) is 0 Å². The summed E-state index contributed by atoms with van der Waals surface area (Å²) in [6, 6.07) is 19.0. The molecule has 0 saturated carbocycles. The van der Waals surface area contributed by atoms with Gasteiger partial charge in [-0.1, -0.05) is 37.6 Å². The minimum atomic E-state index is -3.69. The molecule has 0 saturated heterocycles. The number of nitrogens with one attached hydrogen (secondary N) is 1. The molecule has 5 nitrogen and oxygen atoms in total. The Labute approximate surface area is 187 Å². The van der Waals surface area contributed by atoms with Crippen LogP contribution in [0.3, 0.4) is 0 Å². The van der Waals surface area contributed by atoms with Crippen LogP contribution < -0.4 is 9.62 Å². The van der Waals surface area contributed by atoms with Gasteiger partial charge in [0.25, 0.3) is 15.9 Å². The zero-order valence-corrected chi connectivity index (χ0v) is 18.9. The highest BCUT2D eigenvalue weighted by Crippen LogP contribution is 2.34. The molecular weight excluding hydrogens is 432 g/mol. The lowest BCUT2D eigenvalue weighted by molar-refractivity contribution is 0.102. The van der Waals surface area contributed by atoms with Crippen molar-refractivity contribution in [3.05, 3.63) is 88.4 Å². The maximum absolute atomic E-state index is 13.0. The van der Waals surface area contributed by atoms with Gasteiger partial charge in [-0.05, 0) is 78.1 Å². The minimum Gasteiger partial charge on any atom is -0.322 e. The lowest BCUT2D eigenvalue weighted by atomic mass is 10.0. The van der Waals surface area contributed by atoms with Gasteiger partial charge < -0.3 is 5.32 Å². The summed E-state index contributed by atoms with van der Waals surface area (Å²) in [5, 5.41) is 3.39. The summed E-state index contributed by atoms with van der Waals surface area (Å²) in [4.78, 5) is 12.9. The number of rotatable bonds is 5. The van der Waals surface area contributed by atoms with Crippen LogP contribution in [-0.4, -0.2) is 20.9 Å². The van der Waals surface area contributed by atoms with Crippen molar-refractivity contribution < 1.29 is 13.2 Å². The van der Waals surface area contributed by atoms with Crippen LogP contribution in [-0.2, 0) is 16.4 Å². The third kappa shape index (κ3) is 4.31. The van der Waals surface area contributed by atoms with E-state index in [0.717, 1.165) is 11.3 Å². The number of amides is 1. The van der Waals surface area contributed by atoms with Gasteiger partial charge in [0.05, 0.1) is 10.6 Å². The van der Waals surface area contributed by atoms with Gasteiger partial charge in [0.2, 0.25) is 0 Å². The van der Waals surface area contributed by atoms with Crippen LogP contribution in [0.5, 0.6) is 0 Å². The number of hydrogen-bond acceptors (Lipinski definition) is 3. The Kier molecular flexibility index (Phi) is 5.77. The molecule has 3 aromatic carbocycles. The van der Waals surface area contributed by atoms with E-state index in [0.29, 0.717) is 35.2 Å². The normalized spacial score (nSPS) is 13.4. The summed E-state index contributed by atoms with van der Waals surface area (Å²) in [6.07, 6.45) is 0.548. The summed E-state index contributed by atoms with van der Waals surface area (Å²) in [6.45, 7) is 4.57. The second kappa shape index (κ2) is 8.36. The van der Waals surface area contributed by atoms with E-state index in [2.05, 4.69) is 19.2 Å². The molecule has 1 amide bonds. The monoisotopic (exact) mass is 454 g/mol. The summed E-state index contributed by atoms with van der Waals surface area (Å²) in [7, 11) is -3.69. The van der Waals surface area contributed by atoms with Crippen LogP contribution >= 0.6 is 11.6 Å². The first-order valence-corrected chi connectivity index (χ1v) is 11.9. The van der Waals surface area contributed by atoms with Crippen LogP contribution in [0.25, 0.3) is 0 Å². The lowest BCUT2D eigenvalue weighted by Gasteiger charge is -2.19. The summed E-state index contributed by atoms with van der Waals surface area (Å²) in [5.41, 5.74) is 3.87. The number of anilines is 2. The molecule has 0 bridgehead atoms. The van der Waals surface area contributed by atoms with E-state index in [9.17, 15) is 13.2 Å². The van der Waals surface area contributed by atoms with Crippen LogP contribution in [0.1, 0.15) is 41.3 Å². The number of nitrogens with zero attached hydrogens (tertiary/aromatic N) is 1. The predicted molar refractivity (Wildman–Crippen MR) is 125 cm³/mol. The van der Waals surface area contributed by atoms with Crippen molar-refractivity contribution in [1.82, 2.24) is 0 Å². The number of sulfonamides is 1. The van der Waals surface area contributed by atoms with E-state index in [1.807, 2.05) is 24.3 Å². The Bertz CT molecular complexity index is 1220. The molecule has 1 heterocycles. The van der Waals surface area contributed by atoms with E-state index in [4.69, 9.17) is 11.6 Å². The average molecular weight is 455 g/mol. The second-order valence-corrected chi connectivity index (χ2v) is 10.2. The third-order valence-corrected chi connectivity index (χ3v) is 7.51. The smallest absolute Gasteiger partial charge is 0.264 e. The lowest BCUT2D eigenvalue weighted by Crippen LogP contribution is -2.29. The van der Waals surface area contributed by atoms with Crippen molar-refractivity contribution in [3.63, 3.8) is 0 Å². The molecule has 31 heavy (non-hydrogen) atoms. The number of benzene rings is 3. The zero-order valence-electron chi connectivity index (χ0n) is 17.3. The third-order valence-electron chi connectivity index (χ3n) is 5.43. The van der Waals surface area contributed by atoms with Crippen molar-refractivity contribution in [3.8, 4) is 0 Å². The van der Waals surface area contributed by atoms with Crippen molar-refractivity contribution >= 4 is 38.9 Å². The largest absolute Gasteiger partial charge is 0.322 e. The van der Waals surface area contributed by atoms with Gasteiger partial charge >= 0.3 is 0 Å². The molecule has 0 aromatic heterocycles. The predicted octanol–water partition coefficient (Wildman–Crippen LogP) is 5.47. The fourth-order valence-corrected chi connectivity index (χ4v) is 5.28. The topological polar surface area (TPSA) is 66.5 Å². The highest BCUT2D eigenvalue weighted by Gasteiger charge is 2.31. The number of carbonyl (C=O) groups excluding carboxylic acids is 1. The molecule has 0 fully saturated rings. The number of fused-ring (bicyclic) bond motifs is 1. The molecule has 3 aromatic rings. The summed E-state index contributed by atoms with van der Waals surface area (Å²) in [5.74, 6) is 0.202. The summed E-state index contributed by atoms with van der Waals surface area (Å²) >= 11 is 5.88. The Morgan fingerprint density at radius 1 is 1.00 bits per heavy atom. The van der Waals surface area contributed by atoms with E-state index in [1.54, 1.807) is 30.3 Å².